The van der Waals surface area contributed by atoms with E-state index in [9.17, 15) is 19.5 Å². The third-order valence-electron chi connectivity index (χ3n) is 6.88. The van der Waals surface area contributed by atoms with Crippen LogP contribution >= 0.6 is 0 Å². The van der Waals surface area contributed by atoms with Crippen LogP contribution in [0.4, 0.5) is 5.69 Å². The molecule has 4 rings (SSSR count). The molecule has 0 spiro atoms. The first kappa shape index (κ1) is 25.9. The fourth-order valence-electron chi connectivity index (χ4n) is 5.15. The number of aromatic carboxylic acids is 1. The number of benzene rings is 3. The number of hydrogen-bond acceptors (Lipinski definition) is 5. The van der Waals surface area contributed by atoms with Gasteiger partial charge in [-0.2, -0.15) is 0 Å². The molecule has 192 valence electrons. The van der Waals surface area contributed by atoms with Crippen molar-refractivity contribution in [1.82, 2.24) is 0 Å². The highest BCUT2D eigenvalue weighted by molar-refractivity contribution is 6.14. The molecule has 0 fully saturated rings. The Morgan fingerprint density at radius 1 is 0.973 bits per heavy atom. The van der Waals surface area contributed by atoms with E-state index in [1.807, 2.05) is 36.4 Å². The second-order valence-electron chi connectivity index (χ2n) is 10.3. The lowest BCUT2D eigenvalue weighted by Crippen LogP contribution is -2.58. The summed E-state index contributed by atoms with van der Waals surface area (Å²) in [6, 6.07) is 19.3. The lowest BCUT2D eigenvalue weighted by atomic mass is 9.84. The summed E-state index contributed by atoms with van der Waals surface area (Å²) in [7, 11) is 2.83. The van der Waals surface area contributed by atoms with Crippen LogP contribution in [0.1, 0.15) is 58.2 Å². The number of hydrogen-bond donors (Lipinski definition) is 1. The average molecular weight is 502 g/mol. The van der Waals surface area contributed by atoms with Crippen LogP contribution in [0.5, 0.6) is 5.75 Å². The Labute approximate surface area is 216 Å². The number of carbonyl (C=O) groups is 3. The molecule has 0 bridgehead atoms. The van der Waals surface area contributed by atoms with Crippen LogP contribution in [0, 0.1) is 0 Å². The van der Waals surface area contributed by atoms with Gasteiger partial charge in [-0.25, -0.2) is 9.59 Å². The summed E-state index contributed by atoms with van der Waals surface area (Å²) in [5.74, 6) is -1.62. The Balaban J connectivity index is 1.94. The molecule has 1 atom stereocenters. The molecule has 0 radical (unpaired) electrons. The van der Waals surface area contributed by atoms with Crippen LogP contribution in [-0.2, 0) is 27.8 Å². The van der Waals surface area contributed by atoms with Crippen molar-refractivity contribution >= 4 is 23.5 Å². The van der Waals surface area contributed by atoms with E-state index in [-0.39, 0.29) is 23.8 Å². The molecule has 3 aromatic rings. The second kappa shape index (κ2) is 9.73. The minimum Gasteiger partial charge on any atom is -0.496 e. The summed E-state index contributed by atoms with van der Waals surface area (Å²) >= 11 is 0. The molecule has 0 aliphatic carbocycles. The number of methoxy groups -OCH3 is 2. The molecular weight excluding hydrogens is 470 g/mol. The van der Waals surface area contributed by atoms with Gasteiger partial charge in [0.05, 0.1) is 19.8 Å². The lowest BCUT2D eigenvalue weighted by molar-refractivity contribution is -0.146. The predicted molar refractivity (Wildman–Crippen MR) is 141 cm³/mol. The van der Waals surface area contributed by atoms with Crippen molar-refractivity contribution in [3.8, 4) is 5.75 Å². The molecule has 1 aliphatic heterocycles. The van der Waals surface area contributed by atoms with Gasteiger partial charge < -0.3 is 14.6 Å². The van der Waals surface area contributed by atoms with Crippen molar-refractivity contribution in [2.45, 2.75) is 44.6 Å². The molecule has 1 heterocycles. The van der Waals surface area contributed by atoms with E-state index in [4.69, 9.17) is 9.47 Å². The predicted octanol–water partition coefficient (Wildman–Crippen LogP) is 5.05. The number of carboxylic acids is 1. The maximum absolute atomic E-state index is 14.3. The van der Waals surface area contributed by atoms with Crippen LogP contribution in [-0.4, -0.2) is 42.7 Å². The molecule has 0 saturated carbocycles. The Hall–Kier alpha value is -4.13. The summed E-state index contributed by atoms with van der Waals surface area (Å²) in [6.45, 7) is 6.16. The number of carboxylic acid groups (broad SMARTS) is 1. The average Bonchev–Trinajstić information content (AvgIpc) is 3.21. The van der Waals surface area contributed by atoms with Crippen molar-refractivity contribution in [3.63, 3.8) is 0 Å². The Morgan fingerprint density at radius 3 is 2.27 bits per heavy atom. The van der Waals surface area contributed by atoms with E-state index in [1.54, 1.807) is 31.4 Å². The zero-order chi connectivity index (χ0) is 27.0. The largest absolute Gasteiger partial charge is 0.496 e. The molecule has 1 amide bonds. The van der Waals surface area contributed by atoms with E-state index in [0.29, 0.717) is 22.6 Å². The molecule has 7 heteroatoms. The Bertz CT molecular complexity index is 1360. The highest BCUT2D eigenvalue weighted by Gasteiger charge is 2.54. The van der Waals surface area contributed by atoms with Gasteiger partial charge in [0.25, 0.3) is 5.91 Å². The van der Waals surface area contributed by atoms with E-state index in [1.165, 1.54) is 18.1 Å². The minimum atomic E-state index is -1.48. The van der Waals surface area contributed by atoms with Crippen molar-refractivity contribution in [1.29, 1.82) is 0 Å². The Morgan fingerprint density at radius 2 is 1.68 bits per heavy atom. The smallest absolute Gasteiger partial charge is 0.336 e. The van der Waals surface area contributed by atoms with Gasteiger partial charge in [0.1, 0.15) is 5.75 Å². The maximum atomic E-state index is 14.3. The van der Waals surface area contributed by atoms with Crippen molar-refractivity contribution < 1.29 is 29.0 Å². The van der Waals surface area contributed by atoms with Crippen molar-refractivity contribution in [2.24, 2.45) is 0 Å². The molecular formula is C30H31NO6. The van der Waals surface area contributed by atoms with E-state index in [2.05, 4.69) is 20.8 Å². The first-order valence-electron chi connectivity index (χ1n) is 12.0. The third kappa shape index (κ3) is 4.57. The summed E-state index contributed by atoms with van der Waals surface area (Å²) in [5, 5.41) is 9.89. The minimum absolute atomic E-state index is 0.00925. The molecule has 1 unspecified atom stereocenters. The molecule has 37 heavy (non-hydrogen) atoms. The molecule has 0 saturated heterocycles. The number of ether oxygens (including phenoxy) is 2. The zero-order valence-electron chi connectivity index (χ0n) is 21.7. The second-order valence-corrected chi connectivity index (χ2v) is 10.3. The fraction of sp³-hybridized carbons (Fsp3) is 0.300. The Kier molecular flexibility index (Phi) is 6.82. The third-order valence-corrected chi connectivity index (χ3v) is 6.88. The first-order chi connectivity index (χ1) is 17.5. The molecule has 1 N–H and O–H groups in total. The summed E-state index contributed by atoms with van der Waals surface area (Å²) in [5.41, 5.74) is 1.23. The van der Waals surface area contributed by atoms with Crippen LogP contribution in [0.15, 0.2) is 66.7 Å². The normalized spacial score (nSPS) is 16.7. The van der Waals surface area contributed by atoms with E-state index < -0.39 is 23.4 Å². The number of nitrogens with zero attached hydrogens (tertiary/aromatic N) is 1. The van der Waals surface area contributed by atoms with Crippen LogP contribution < -0.4 is 9.64 Å². The highest BCUT2D eigenvalue weighted by Crippen LogP contribution is 2.45. The van der Waals surface area contributed by atoms with Gasteiger partial charge in [-0.1, -0.05) is 63.2 Å². The van der Waals surface area contributed by atoms with Crippen molar-refractivity contribution in [3.05, 3.63) is 94.5 Å². The topological polar surface area (TPSA) is 93.1 Å². The number of amides is 1. The monoisotopic (exact) mass is 501 g/mol. The maximum Gasteiger partial charge on any atom is 0.336 e. The van der Waals surface area contributed by atoms with Gasteiger partial charge in [-0.05, 0) is 46.4 Å². The quantitative estimate of drug-likeness (QED) is 0.475. The number of fused-ring (bicyclic) bond motifs is 1. The summed E-state index contributed by atoms with van der Waals surface area (Å²) in [6.07, 6.45) is 0.159. The molecule has 7 nitrogen and oxygen atoms in total. The molecule has 1 aliphatic rings. The lowest BCUT2D eigenvalue weighted by Gasteiger charge is -2.36. The van der Waals surface area contributed by atoms with E-state index >= 15 is 0 Å². The zero-order valence-corrected chi connectivity index (χ0v) is 21.7. The number of esters is 1. The van der Waals surface area contributed by atoms with Gasteiger partial charge in [0, 0.05) is 24.1 Å². The van der Waals surface area contributed by atoms with Gasteiger partial charge in [-0.3, -0.25) is 9.69 Å². The van der Waals surface area contributed by atoms with Crippen LogP contribution in [0.2, 0.25) is 0 Å². The van der Waals surface area contributed by atoms with Crippen LogP contribution in [0.3, 0.4) is 0 Å². The number of carbonyl (C=O) groups excluding carboxylic acids is 2. The highest BCUT2D eigenvalue weighted by atomic mass is 16.5. The number of rotatable bonds is 6. The van der Waals surface area contributed by atoms with Crippen molar-refractivity contribution in [2.75, 3.05) is 19.1 Å². The SMILES string of the molecule is COC(=O)C1(Cc2ccccc2)Cc2c(C(=O)O)cccc2N1C(=O)c1ccc(C(C)(C)C)c(OC)c1. The van der Waals surface area contributed by atoms with Gasteiger partial charge >= 0.3 is 11.9 Å². The molecule has 3 aromatic carbocycles. The summed E-state index contributed by atoms with van der Waals surface area (Å²) in [4.78, 5) is 41.3. The molecule has 0 aromatic heterocycles. The van der Waals surface area contributed by atoms with E-state index in [0.717, 1.165) is 11.1 Å². The fourth-order valence-corrected chi connectivity index (χ4v) is 5.15. The first-order valence-corrected chi connectivity index (χ1v) is 12.0. The van der Waals surface area contributed by atoms with Gasteiger partial charge in [0.2, 0.25) is 0 Å². The number of anilines is 1. The van der Waals surface area contributed by atoms with Gasteiger partial charge in [0.15, 0.2) is 5.54 Å². The van der Waals surface area contributed by atoms with Crippen LogP contribution in [0.25, 0.3) is 0 Å². The standard InChI is InChI=1S/C30H31NO6/c1-29(2,3)23-15-14-20(16-25(23)36-4)26(32)31-24-13-9-12-21(27(33)34)22(24)18-30(31,28(35)37-5)17-19-10-7-6-8-11-19/h6-16H,17-18H2,1-5H3,(H,33,34). The summed E-state index contributed by atoms with van der Waals surface area (Å²) < 4.78 is 10.9. The van der Waals surface area contributed by atoms with Gasteiger partial charge in [-0.15, -0.1) is 0 Å².